The molecule has 32 heavy (non-hydrogen) atoms. The van der Waals surface area contributed by atoms with Crippen LogP contribution in [0, 0.1) is 6.92 Å². The molecule has 1 saturated heterocycles. The van der Waals surface area contributed by atoms with E-state index >= 15 is 0 Å². The van der Waals surface area contributed by atoms with Gasteiger partial charge in [0.05, 0.1) is 21.8 Å². The summed E-state index contributed by atoms with van der Waals surface area (Å²) in [6, 6.07) is 11.7. The Labute approximate surface area is 193 Å². The lowest BCUT2D eigenvalue weighted by molar-refractivity contribution is 0.104. The minimum atomic E-state index is -3.57. The molecular formula is C23H27ClN4O3S. The Morgan fingerprint density at radius 1 is 1.12 bits per heavy atom. The van der Waals surface area contributed by atoms with Gasteiger partial charge in [-0.1, -0.05) is 29.3 Å². The number of hydrogen-bond donors (Lipinski definition) is 0. The van der Waals surface area contributed by atoms with Gasteiger partial charge in [0.2, 0.25) is 10.0 Å². The maximum absolute atomic E-state index is 13.2. The summed E-state index contributed by atoms with van der Waals surface area (Å²) in [7, 11) is -1.85. The highest BCUT2D eigenvalue weighted by atomic mass is 35.5. The number of rotatable bonds is 4. The number of benzene rings is 2. The smallest absolute Gasteiger partial charge is 0.261 e. The zero-order chi connectivity index (χ0) is 23.2. The fourth-order valence-electron chi connectivity index (χ4n) is 4.32. The molecular weight excluding hydrogens is 448 g/mol. The number of nitrogens with zero attached hydrogens (tertiary/aromatic N) is 4. The van der Waals surface area contributed by atoms with Gasteiger partial charge in [-0.2, -0.15) is 4.31 Å². The number of halogens is 1. The summed E-state index contributed by atoms with van der Waals surface area (Å²) in [5, 5.41) is 0.982. The van der Waals surface area contributed by atoms with Crippen LogP contribution in [0.15, 0.2) is 52.2 Å². The molecule has 1 aliphatic rings. The SMILES string of the molecule is Cc1ccc(S(=O)(=O)N2CCN(C(C)c3nc4ccc(Cl)cc4c(=O)n3C)CC2C)cc1. The Hall–Kier alpha value is -2.26. The van der Waals surface area contributed by atoms with Crippen molar-refractivity contribution in [3.05, 3.63) is 69.2 Å². The third-order valence-corrected chi connectivity index (χ3v) is 8.48. The number of piperazine rings is 1. The van der Waals surface area contributed by atoms with E-state index in [4.69, 9.17) is 16.6 Å². The Morgan fingerprint density at radius 3 is 2.47 bits per heavy atom. The van der Waals surface area contributed by atoms with Crippen molar-refractivity contribution in [3.63, 3.8) is 0 Å². The maximum atomic E-state index is 13.2. The van der Waals surface area contributed by atoms with E-state index in [9.17, 15) is 13.2 Å². The molecule has 0 saturated carbocycles. The Morgan fingerprint density at radius 2 is 1.81 bits per heavy atom. The molecule has 2 unspecified atom stereocenters. The predicted octanol–water partition coefficient (Wildman–Crippen LogP) is 3.35. The second-order valence-electron chi connectivity index (χ2n) is 8.44. The van der Waals surface area contributed by atoms with Crippen molar-refractivity contribution in [1.29, 1.82) is 0 Å². The van der Waals surface area contributed by atoms with Gasteiger partial charge in [0.1, 0.15) is 5.82 Å². The number of sulfonamides is 1. The van der Waals surface area contributed by atoms with Crippen molar-refractivity contribution in [2.24, 2.45) is 7.05 Å². The lowest BCUT2D eigenvalue weighted by Crippen LogP contribution is -2.54. The van der Waals surface area contributed by atoms with Crippen LogP contribution in [0.2, 0.25) is 5.02 Å². The number of aryl methyl sites for hydroxylation is 1. The average Bonchev–Trinajstić information content (AvgIpc) is 2.76. The molecule has 2 atom stereocenters. The zero-order valence-electron chi connectivity index (χ0n) is 18.6. The van der Waals surface area contributed by atoms with E-state index in [1.165, 1.54) is 0 Å². The van der Waals surface area contributed by atoms with Crippen molar-refractivity contribution in [2.45, 2.75) is 37.8 Å². The summed E-state index contributed by atoms with van der Waals surface area (Å²) in [6.07, 6.45) is 0. The van der Waals surface area contributed by atoms with Gasteiger partial charge in [-0.05, 0) is 51.1 Å². The quantitative estimate of drug-likeness (QED) is 0.579. The summed E-state index contributed by atoms with van der Waals surface area (Å²) < 4.78 is 29.5. The van der Waals surface area contributed by atoms with Crippen LogP contribution in [0.3, 0.4) is 0 Å². The van der Waals surface area contributed by atoms with E-state index in [-0.39, 0.29) is 17.6 Å². The van der Waals surface area contributed by atoms with Crippen LogP contribution in [0.4, 0.5) is 0 Å². The minimum absolute atomic E-state index is 0.145. The van der Waals surface area contributed by atoms with Gasteiger partial charge in [0.15, 0.2) is 0 Å². The zero-order valence-corrected chi connectivity index (χ0v) is 20.2. The van der Waals surface area contributed by atoms with Crippen LogP contribution in [0.25, 0.3) is 10.9 Å². The Balaban J connectivity index is 1.58. The highest BCUT2D eigenvalue weighted by molar-refractivity contribution is 7.89. The maximum Gasteiger partial charge on any atom is 0.261 e. The second kappa shape index (κ2) is 8.59. The van der Waals surface area contributed by atoms with Gasteiger partial charge in [-0.25, -0.2) is 13.4 Å². The van der Waals surface area contributed by atoms with E-state index < -0.39 is 10.0 Å². The first kappa shape index (κ1) is 22.9. The van der Waals surface area contributed by atoms with Crippen molar-refractivity contribution in [3.8, 4) is 0 Å². The fraction of sp³-hybridized carbons (Fsp3) is 0.391. The molecule has 0 spiro atoms. The molecule has 4 rings (SSSR count). The van der Waals surface area contributed by atoms with Gasteiger partial charge >= 0.3 is 0 Å². The standard InChI is InChI=1S/C23H27ClN4O3S/c1-15-5-8-19(9-6-15)32(30,31)28-12-11-27(14-16(28)2)17(3)22-25-21-10-7-18(24)13-20(21)23(29)26(22)4/h5-10,13,16-17H,11-12,14H2,1-4H3. The molecule has 2 aromatic carbocycles. The molecule has 0 bridgehead atoms. The van der Waals surface area contributed by atoms with Crippen LogP contribution >= 0.6 is 11.6 Å². The first-order chi connectivity index (χ1) is 15.1. The average molecular weight is 475 g/mol. The van der Waals surface area contributed by atoms with Crippen molar-refractivity contribution < 1.29 is 8.42 Å². The van der Waals surface area contributed by atoms with Crippen LogP contribution in [0.5, 0.6) is 0 Å². The molecule has 0 aliphatic carbocycles. The van der Waals surface area contributed by atoms with E-state index in [0.29, 0.717) is 46.3 Å². The summed E-state index contributed by atoms with van der Waals surface area (Å²) in [6.45, 7) is 7.31. The molecule has 1 aromatic heterocycles. The summed E-state index contributed by atoms with van der Waals surface area (Å²) in [5.74, 6) is 0.645. The second-order valence-corrected chi connectivity index (χ2v) is 10.8. The fourth-order valence-corrected chi connectivity index (χ4v) is 6.11. The monoisotopic (exact) mass is 474 g/mol. The van der Waals surface area contributed by atoms with Gasteiger partial charge in [-0.15, -0.1) is 0 Å². The highest BCUT2D eigenvalue weighted by Crippen LogP contribution is 2.27. The van der Waals surface area contributed by atoms with E-state index in [1.54, 1.807) is 46.3 Å². The molecule has 3 aromatic rings. The summed E-state index contributed by atoms with van der Waals surface area (Å²) in [5.41, 5.74) is 1.48. The van der Waals surface area contributed by atoms with Crippen LogP contribution in [0.1, 0.15) is 31.3 Å². The third-order valence-electron chi connectivity index (χ3n) is 6.22. The van der Waals surface area contributed by atoms with Crippen molar-refractivity contribution in [2.75, 3.05) is 19.6 Å². The van der Waals surface area contributed by atoms with Crippen molar-refractivity contribution >= 4 is 32.5 Å². The van der Waals surface area contributed by atoms with Crippen LogP contribution in [-0.2, 0) is 17.1 Å². The number of aromatic nitrogens is 2. The van der Waals surface area contributed by atoms with Gasteiger partial charge in [0, 0.05) is 37.7 Å². The lowest BCUT2D eigenvalue weighted by Gasteiger charge is -2.41. The Bertz CT molecular complexity index is 1320. The van der Waals surface area contributed by atoms with Crippen molar-refractivity contribution in [1.82, 2.24) is 18.8 Å². The van der Waals surface area contributed by atoms with E-state index in [0.717, 1.165) is 5.56 Å². The molecule has 170 valence electrons. The third kappa shape index (κ3) is 4.08. The molecule has 0 radical (unpaired) electrons. The summed E-state index contributed by atoms with van der Waals surface area (Å²) in [4.78, 5) is 20.1. The largest absolute Gasteiger partial charge is 0.298 e. The van der Waals surface area contributed by atoms with Gasteiger partial charge < -0.3 is 0 Å². The minimum Gasteiger partial charge on any atom is -0.298 e. The first-order valence-electron chi connectivity index (χ1n) is 10.6. The van der Waals surface area contributed by atoms with Crippen LogP contribution < -0.4 is 5.56 Å². The molecule has 1 fully saturated rings. The molecule has 9 heteroatoms. The highest BCUT2D eigenvalue weighted by Gasteiger charge is 2.36. The predicted molar refractivity (Wildman–Crippen MR) is 127 cm³/mol. The molecule has 2 heterocycles. The van der Waals surface area contributed by atoms with E-state index in [2.05, 4.69) is 4.90 Å². The van der Waals surface area contributed by atoms with Gasteiger partial charge in [-0.3, -0.25) is 14.3 Å². The van der Waals surface area contributed by atoms with Crippen LogP contribution in [-0.4, -0.2) is 52.9 Å². The molecule has 0 amide bonds. The lowest BCUT2D eigenvalue weighted by atomic mass is 10.1. The molecule has 1 aliphatic heterocycles. The van der Waals surface area contributed by atoms with Gasteiger partial charge in [0.25, 0.3) is 5.56 Å². The number of fused-ring (bicyclic) bond motifs is 1. The molecule has 7 nitrogen and oxygen atoms in total. The molecule has 0 N–H and O–H groups in total. The Kier molecular flexibility index (Phi) is 6.15. The number of hydrogen-bond acceptors (Lipinski definition) is 5. The normalized spacial score (nSPS) is 19.3. The summed E-state index contributed by atoms with van der Waals surface area (Å²) >= 11 is 6.05. The first-order valence-corrected chi connectivity index (χ1v) is 12.4. The topological polar surface area (TPSA) is 75.5 Å². The van der Waals surface area contributed by atoms with E-state index in [1.807, 2.05) is 32.9 Å².